The summed E-state index contributed by atoms with van der Waals surface area (Å²) in [5.41, 5.74) is 3.81. The first-order valence-electron chi connectivity index (χ1n) is 9.76. The normalized spacial score (nSPS) is 10.5. The highest BCUT2D eigenvalue weighted by molar-refractivity contribution is 6.05. The second-order valence-corrected chi connectivity index (χ2v) is 7.07. The zero-order chi connectivity index (χ0) is 22.2. The molecule has 158 valence electrons. The third kappa shape index (κ3) is 6.21. The van der Waals surface area contributed by atoms with Crippen LogP contribution >= 0.6 is 0 Å². The summed E-state index contributed by atoms with van der Waals surface area (Å²) in [6, 6.07) is 21.7. The van der Waals surface area contributed by atoms with Crippen LogP contribution in [0.25, 0.3) is 6.08 Å². The molecule has 0 heterocycles. The van der Waals surface area contributed by atoms with Gasteiger partial charge in [0, 0.05) is 42.8 Å². The minimum Gasteiger partial charge on any atom is -0.497 e. The van der Waals surface area contributed by atoms with Gasteiger partial charge in [-0.2, -0.15) is 0 Å². The second kappa shape index (κ2) is 10.1. The molecule has 3 aromatic carbocycles. The van der Waals surface area contributed by atoms with E-state index in [0.717, 1.165) is 17.0 Å². The Kier molecular flexibility index (Phi) is 7.06. The summed E-state index contributed by atoms with van der Waals surface area (Å²) < 4.78 is 5.11. The zero-order valence-electron chi connectivity index (χ0n) is 17.8. The van der Waals surface area contributed by atoms with Gasteiger partial charge in [-0.1, -0.05) is 12.1 Å². The van der Waals surface area contributed by atoms with E-state index >= 15 is 0 Å². The van der Waals surface area contributed by atoms with Crippen molar-refractivity contribution in [1.29, 1.82) is 0 Å². The number of methoxy groups -OCH3 is 1. The van der Waals surface area contributed by atoms with E-state index in [1.54, 1.807) is 61.7 Å². The molecule has 6 heteroatoms. The minimum atomic E-state index is -0.243. The highest BCUT2D eigenvalue weighted by Gasteiger charge is 2.07. The van der Waals surface area contributed by atoms with Gasteiger partial charge in [0.1, 0.15) is 5.75 Å². The molecular weight excluding hydrogens is 390 g/mol. The smallest absolute Gasteiger partial charge is 0.255 e. The molecule has 0 saturated carbocycles. The number of ether oxygens (including phenoxy) is 1. The Morgan fingerprint density at radius 3 is 1.97 bits per heavy atom. The number of carbonyl (C=O) groups excluding carboxylic acids is 2. The van der Waals surface area contributed by atoms with Crippen LogP contribution in [0.4, 0.5) is 17.1 Å². The van der Waals surface area contributed by atoms with Crippen molar-refractivity contribution in [1.82, 2.24) is 0 Å². The molecule has 0 spiro atoms. The number of rotatable bonds is 7. The lowest BCUT2D eigenvalue weighted by Gasteiger charge is -2.11. The van der Waals surface area contributed by atoms with Gasteiger partial charge < -0.3 is 20.3 Å². The Hall–Kier alpha value is -4.06. The van der Waals surface area contributed by atoms with Crippen molar-refractivity contribution in [2.45, 2.75) is 0 Å². The summed E-state index contributed by atoms with van der Waals surface area (Å²) in [6.07, 6.45) is 3.24. The molecule has 0 unspecified atom stereocenters. The average molecular weight is 415 g/mol. The molecule has 2 amide bonds. The van der Waals surface area contributed by atoms with Gasteiger partial charge >= 0.3 is 0 Å². The van der Waals surface area contributed by atoms with Crippen molar-refractivity contribution in [2.24, 2.45) is 0 Å². The van der Waals surface area contributed by atoms with Crippen LogP contribution in [0.15, 0.2) is 78.9 Å². The monoisotopic (exact) mass is 415 g/mol. The van der Waals surface area contributed by atoms with Crippen LogP contribution in [0, 0.1) is 0 Å². The van der Waals surface area contributed by atoms with Crippen LogP contribution in [-0.4, -0.2) is 33.0 Å². The molecule has 31 heavy (non-hydrogen) atoms. The first kappa shape index (κ1) is 21.6. The van der Waals surface area contributed by atoms with E-state index in [-0.39, 0.29) is 11.8 Å². The Bertz CT molecular complexity index is 1050. The lowest BCUT2D eigenvalue weighted by molar-refractivity contribution is -0.111. The quantitative estimate of drug-likeness (QED) is 0.551. The molecule has 0 radical (unpaired) electrons. The number of amides is 2. The number of carbonyl (C=O) groups is 2. The molecule has 0 aromatic heterocycles. The van der Waals surface area contributed by atoms with Crippen LogP contribution in [0.1, 0.15) is 15.9 Å². The molecule has 0 atom stereocenters. The lowest BCUT2D eigenvalue weighted by atomic mass is 10.1. The summed E-state index contributed by atoms with van der Waals surface area (Å²) in [6.45, 7) is 0. The van der Waals surface area contributed by atoms with Crippen molar-refractivity contribution in [3.63, 3.8) is 0 Å². The predicted octanol–water partition coefficient (Wildman–Crippen LogP) is 4.67. The Morgan fingerprint density at radius 2 is 1.39 bits per heavy atom. The maximum absolute atomic E-state index is 12.4. The predicted molar refractivity (Wildman–Crippen MR) is 126 cm³/mol. The fourth-order valence-corrected chi connectivity index (χ4v) is 2.82. The topological polar surface area (TPSA) is 70.7 Å². The lowest BCUT2D eigenvalue weighted by Crippen LogP contribution is -2.12. The van der Waals surface area contributed by atoms with Crippen LogP contribution in [0.2, 0.25) is 0 Å². The standard InChI is InChI=1S/C25H25N3O3/c1-28(2)22-13-4-18(5-14-22)6-17-24(29)26-20-9-7-19(8-10-20)25(30)27-21-11-15-23(31-3)16-12-21/h4-17H,1-3H3,(H,26,29)(H,27,30)/b17-6+. The van der Waals surface area contributed by atoms with Crippen molar-refractivity contribution in [3.8, 4) is 5.75 Å². The highest BCUT2D eigenvalue weighted by Crippen LogP contribution is 2.17. The van der Waals surface area contributed by atoms with Gasteiger partial charge in [-0.05, 0) is 72.3 Å². The Morgan fingerprint density at radius 1 is 0.806 bits per heavy atom. The number of hydrogen-bond acceptors (Lipinski definition) is 4. The molecule has 0 aliphatic carbocycles. The minimum absolute atomic E-state index is 0.232. The number of nitrogens with zero attached hydrogens (tertiary/aromatic N) is 1. The fraction of sp³-hybridized carbons (Fsp3) is 0.120. The first-order valence-corrected chi connectivity index (χ1v) is 9.76. The molecule has 6 nitrogen and oxygen atoms in total. The maximum Gasteiger partial charge on any atom is 0.255 e. The third-order valence-corrected chi connectivity index (χ3v) is 4.60. The molecule has 0 bridgehead atoms. The number of benzene rings is 3. The molecular formula is C25H25N3O3. The SMILES string of the molecule is COc1ccc(NC(=O)c2ccc(NC(=O)/C=C/c3ccc(N(C)C)cc3)cc2)cc1. The summed E-state index contributed by atoms with van der Waals surface area (Å²) in [4.78, 5) is 26.6. The summed E-state index contributed by atoms with van der Waals surface area (Å²) in [5, 5.41) is 5.61. The molecule has 3 rings (SSSR count). The van der Waals surface area contributed by atoms with Gasteiger partial charge in [0.25, 0.3) is 5.91 Å². The number of nitrogens with one attached hydrogen (secondary N) is 2. The van der Waals surface area contributed by atoms with E-state index in [9.17, 15) is 9.59 Å². The first-order chi connectivity index (χ1) is 14.9. The Balaban J connectivity index is 1.55. The van der Waals surface area contributed by atoms with Crippen molar-refractivity contribution >= 4 is 35.0 Å². The van der Waals surface area contributed by atoms with Crippen LogP contribution in [0.5, 0.6) is 5.75 Å². The number of anilines is 3. The highest BCUT2D eigenvalue weighted by atomic mass is 16.5. The van der Waals surface area contributed by atoms with E-state index in [0.29, 0.717) is 16.9 Å². The summed E-state index contributed by atoms with van der Waals surface area (Å²) in [5.74, 6) is 0.244. The van der Waals surface area contributed by atoms with Crippen molar-refractivity contribution in [2.75, 3.05) is 36.7 Å². The second-order valence-electron chi connectivity index (χ2n) is 7.07. The van der Waals surface area contributed by atoms with Crippen molar-refractivity contribution < 1.29 is 14.3 Å². The molecule has 0 aliphatic heterocycles. The zero-order valence-corrected chi connectivity index (χ0v) is 17.8. The van der Waals surface area contributed by atoms with Crippen LogP contribution < -0.4 is 20.3 Å². The van der Waals surface area contributed by atoms with Gasteiger partial charge in [0.05, 0.1) is 7.11 Å². The van der Waals surface area contributed by atoms with Gasteiger partial charge in [0.2, 0.25) is 5.91 Å². The molecule has 0 aliphatic rings. The van der Waals surface area contributed by atoms with E-state index in [1.165, 1.54) is 6.08 Å². The largest absolute Gasteiger partial charge is 0.497 e. The third-order valence-electron chi connectivity index (χ3n) is 4.60. The average Bonchev–Trinajstić information content (AvgIpc) is 2.79. The van der Waals surface area contributed by atoms with Crippen LogP contribution in [0.3, 0.4) is 0 Å². The van der Waals surface area contributed by atoms with E-state index in [2.05, 4.69) is 10.6 Å². The molecule has 2 N–H and O–H groups in total. The van der Waals surface area contributed by atoms with Gasteiger partial charge in [0.15, 0.2) is 0 Å². The van der Waals surface area contributed by atoms with Gasteiger partial charge in [-0.25, -0.2) is 0 Å². The number of hydrogen-bond donors (Lipinski definition) is 2. The van der Waals surface area contributed by atoms with E-state index < -0.39 is 0 Å². The van der Waals surface area contributed by atoms with Gasteiger partial charge in [-0.3, -0.25) is 9.59 Å². The van der Waals surface area contributed by atoms with E-state index in [4.69, 9.17) is 4.74 Å². The Labute approximate surface area is 182 Å². The fourth-order valence-electron chi connectivity index (χ4n) is 2.82. The van der Waals surface area contributed by atoms with Crippen LogP contribution in [-0.2, 0) is 4.79 Å². The maximum atomic E-state index is 12.4. The van der Waals surface area contributed by atoms with Crippen molar-refractivity contribution in [3.05, 3.63) is 90.0 Å². The van der Waals surface area contributed by atoms with Gasteiger partial charge in [-0.15, -0.1) is 0 Å². The molecule has 0 fully saturated rings. The summed E-state index contributed by atoms with van der Waals surface area (Å²) in [7, 11) is 5.55. The summed E-state index contributed by atoms with van der Waals surface area (Å²) >= 11 is 0. The molecule has 3 aromatic rings. The van der Waals surface area contributed by atoms with E-state index in [1.807, 2.05) is 43.3 Å². The molecule has 0 saturated heterocycles.